The number of amides is 1. The van der Waals surface area contributed by atoms with Gasteiger partial charge in [0, 0.05) is 18.4 Å². The molecule has 0 radical (unpaired) electrons. The van der Waals surface area contributed by atoms with Crippen LogP contribution in [0.5, 0.6) is 0 Å². The number of nitrogens with zero attached hydrogens (tertiary/aromatic N) is 3. The molecule has 0 saturated heterocycles. The predicted octanol–water partition coefficient (Wildman–Crippen LogP) is 1.39. The number of carbonyl (C=O) groups is 2. The van der Waals surface area contributed by atoms with Crippen molar-refractivity contribution in [3.05, 3.63) is 39.8 Å². The highest BCUT2D eigenvalue weighted by Gasteiger charge is 2.19. The Morgan fingerprint density at radius 1 is 1.39 bits per heavy atom. The highest BCUT2D eigenvalue weighted by Crippen LogP contribution is 2.12. The summed E-state index contributed by atoms with van der Waals surface area (Å²) in [4.78, 5) is 40.3. The van der Waals surface area contributed by atoms with Crippen molar-refractivity contribution in [1.82, 2.24) is 9.66 Å². The zero-order valence-electron chi connectivity index (χ0n) is 13.4. The Morgan fingerprint density at radius 2 is 2.13 bits per heavy atom. The topological polar surface area (TPSA) is 81.5 Å². The van der Waals surface area contributed by atoms with Crippen LogP contribution in [0, 0.1) is 6.92 Å². The minimum atomic E-state index is -0.712. The molecule has 0 spiro atoms. The van der Waals surface area contributed by atoms with Gasteiger partial charge in [0.2, 0.25) is 11.8 Å². The van der Waals surface area contributed by atoms with E-state index in [0.29, 0.717) is 30.7 Å². The summed E-state index contributed by atoms with van der Waals surface area (Å²) in [5.74, 6) is -0.712. The molecule has 7 nitrogen and oxygen atoms in total. The summed E-state index contributed by atoms with van der Waals surface area (Å²) in [7, 11) is 0. The Morgan fingerprint density at radius 3 is 2.74 bits per heavy atom. The van der Waals surface area contributed by atoms with E-state index in [-0.39, 0.29) is 17.6 Å². The van der Waals surface area contributed by atoms with Crippen LogP contribution in [0.25, 0.3) is 11.0 Å². The fourth-order valence-electron chi connectivity index (χ4n) is 2.27. The molecule has 0 bridgehead atoms. The van der Waals surface area contributed by atoms with Crippen molar-refractivity contribution in [2.45, 2.75) is 27.2 Å². The van der Waals surface area contributed by atoms with E-state index >= 15 is 0 Å². The molecule has 0 aliphatic carbocycles. The van der Waals surface area contributed by atoms with Gasteiger partial charge in [-0.05, 0) is 32.4 Å². The van der Waals surface area contributed by atoms with Crippen LogP contribution >= 0.6 is 0 Å². The first-order chi connectivity index (χ1) is 11.0. The SMILES string of the molecule is CCCN(C=O)n1cc(C(=O)OCC)c(=O)c2ccc(C)nc21. The lowest BCUT2D eigenvalue weighted by atomic mass is 10.2. The highest BCUT2D eigenvalue weighted by atomic mass is 16.5. The predicted molar refractivity (Wildman–Crippen MR) is 86.1 cm³/mol. The Balaban J connectivity index is 2.79. The Hall–Kier alpha value is -2.70. The second-order valence-corrected chi connectivity index (χ2v) is 5.03. The largest absolute Gasteiger partial charge is 0.462 e. The first-order valence-electron chi connectivity index (χ1n) is 7.45. The minimum absolute atomic E-state index is 0.118. The van der Waals surface area contributed by atoms with E-state index in [4.69, 9.17) is 4.74 Å². The lowest BCUT2D eigenvalue weighted by Crippen LogP contribution is -2.36. The summed E-state index contributed by atoms with van der Waals surface area (Å²) in [6.07, 6.45) is 2.68. The Kier molecular flexibility index (Phi) is 5.10. The smallest absolute Gasteiger partial charge is 0.343 e. The van der Waals surface area contributed by atoms with E-state index < -0.39 is 11.4 Å². The fourth-order valence-corrected chi connectivity index (χ4v) is 2.27. The summed E-state index contributed by atoms with van der Waals surface area (Å²) in [6, 6.07) is 3.29. The lowest BCUT2D eigenvalue weighted by molar-refractivity contribution is -0.108. The quantitative estimate of drug-likeness (QED) is 0.594. The molecule has 0 N–H and O–H groups in total. The number of fused-ring (bicyclic) bond motifs is 1. The van der Waals surface area contributed by atoms with Gasteiger partial charge in [-0.25, -0.2) is 14.5 Å². The number of rotatable bonds is 6. The van der Waals surface area contributed by atoms with Crippen LogP contribution < -0.4 is 10.4 Å². The molecule has 0 saturated carbocycles. The summed E-state index contributed by atoms with van der Waals surface area (Å²) < 4.78 is 6.37. The summed E-state index contributed by atoms with van der Waals surface area (Å²) in [5, 5.41) is 1.64. The maximum atomic E-state index is 12.5. The Bertz CT molecular complexity index is 798. The molecule has 0 aliphatic heterocycles. The molecule has 23 heavy (non-hydrogen) atoms. The van der Waals surface area contributed by atoms with Crippen LogP contribution in [-0.2, 0) is 9.53 Å². The fraction of sp³-hybridized carbons (Fsp3) is 0.375. The number of hydrogen-bond acceptors (Lipinski definition) is 5. The summed E-state index contributed by atoms with van der Waals surface area (Å²) >= 11 is 0. The van der Waals surface area contributed by atoms with E-state index in [1.165, 1.54) is 15.9 Å². The van der Waals surface area contributed by atoms with Crippen molar-refractivity contribution in [3.63, 3.8) is 0 Å². The van der Waals surface area contributed by atoms with Crippen LogP contribution in [0.3, 0.4) is 0 Å². The highest BCUT2D eigenvalue weighted by molar-refractivity contribution is 5.93. The molecule has 0 aromatic carbocycles. The van der Waals surface area contributed by atoms with Gasteiger partial charge in [0.25, 0.3) is 0 Å². The second kappa shape index (κ2) is 7.04. The number of ether oxygens (including phenoxy) is 1. The van der Waals surface area contributed by atoms with Crippen molar-refractivity contribution in [2.75, 3.05) is 18.2 Å². The summed E-state index contributed by atoms with van der Waals surface area (Å²) in [6.45, 7) is 5.97. The number of carbonyl (C=O) groups excluding carboxylic acids is 2. The molecule has 2 aromatic heterocycles. The molecule has 0 fully saturated rings. The maximum absolute atomic E-state index is 12.5. The first-order valence-corrected chi connectivity index (χ1v) is 7.45. The van der Waals surface area contributed by atoms with Crippen molar-refractivity contribution < 1.29 is 14.3 Å². The van der Waals surface area contributed by atoms with Gasteiger partial charge < -0.3 is 4.74 Å². The van der Waals surface area contributed by atoms with Gasteiger partial charge in [0.1, 0.15) is 5.56 Å². The van der Waals surface area contributed by atoms with Crippen molar-refractivity contribution in [1.29, 1.82) is 0 Å². The molecule has 0 unspecified atom stereocenters. The average Bonchev–Trinajstić information content (AvgIpc) is 2.53. The summed E-state index contributed by atoms with van der Waals surface area (Å²) in [5.41, 5.74) is 0.470. The monoisotopic (exact) mass is 317 g/mol. The van der Waals surface area contributed by atoms with Gasteiger partial charge in [-0.15, -0.1) is 0 Å². The van der Waals surface area contributed by atoms with E-state index in [2.05, 4.69) is 4.98 Å². The Labute approximate surface area is 133 Å². The molecule has 2 rings (SSSR count). The molecular formula is C16H19N3O4. The van der Waals surface area contributed by atoms with Gasteiger partial charge in [-0.2, -0.15) is 0 Å². The standard InChI is InChI=1S/C16H19N3O4/c1-4-8-18(10-20)19-9-13(16(22)23-5-2)14(21)12-7-6-11(3)17-15(12)19/h6-7,9-10H,4-5,8H2,1-3H3. The molecule has 7 heteroatoms. The average molecular weight is 317 g/mol. The van der Waals surface area contributed by atoms with E-state index in [1.54, 1.807) is 26.0 Å². The molecule has 2 heterocycles. The zero-order valence-corrected chi connectivity index (χ0v) is 13.4. The second-order valence-electron chi connectivity index (χ2n) is 5.03. The van der Waals surface area contributed by atoms with Gasteiger partial charge in [-0.3, -0.25) is 14.6 Å². The van der Waals surface area contributed by atoms with Crippen LogP contribution in [-0.4, -0.2) is 35.2 Å². The van der Waals surface area contributed by atoms with Crippen LogP contribution in [0.1, 0.15) is 36.3 Å². The van der Waals surface area contributed by atoms with E-state index in [1.807, 2.05) is 6.92 Å². The number of pyridine rings is 2. The van der Waals surface area contributed by atoms with Crippen molar-refractivity contribution in [3.8, 4) is 0 Å². The lowest BCUT2D eigenvalue weighted by Gasteiger charge is -2.22. The minimum Gasteiger partial charge on any atom is -0.462 e. The van der Waals surface area contributed by atoms with Gasteiger partial charge in [0.05, 0.1) is 12.0 Å². The van der Waals surface area contributed by atoms with Crippen LogP contribution in [0.4, 0.5) is 0 Å². The van der Waals surface area contributed by atoms with Gasteiger partial charge >= 0.3 is 5.97 Å². The molecule has 0 aliphatic rings. The van der Waals surface area contributed by atoms with Crippen molar-refractivity contribution >= 4 is 23.4 Å². The third-order valence-electron chi connectivity index (χ3n) is 3.32. The molecule has 122 valence electrons. The molecule has 2 aromatic rings. The maximum Gasteiger partial charge on any atom is 0.343 e. The van der Waals surface area contributed by atoms with Gasteiger partial charge in [-0.1, -0.05) is 6.92 Å². The third-order valence-corrected chi connectivity index (χ3v) is 3.32. The first kappa shape index (κ1) is 16.7. The zero-order chi connectivity index (χ0) is 17.0. The van der Waals surface area contributed by atoms with Gasteiger partial charge in [0.15, 0.2) is 5.65 Å². The van der Waals surface area contributed by atoms with Crippen LogP contribution in [0.2, 0.25) is 0 Å². The van der Waals surface area contributed by atoms with Crippen molar-refractivity contribution in [2.24, 2.45) is 0 Å². The number of hydrogen-bond donors (Lipinski definition) is 0. The normalized spacial score (nSPS) is 10.6. The third kappa shape index (κ3) is 3.23. The number of aryl methyl sites for hydroxylation is 1. The number of aromatic nitrogens is 2. The molecule has 1 amide bonds. The molecule has 0 atom stereocenters. The number of esters is 1. The van der Waals surface area contributed by atoms with E-state index in [0.717, 1.165) is 0 Å². The van der Waals surface area contributed by atoms with E-state index in [9.17, 15) is 14.4 Å². The van der Waals surface area contributed by atoms with Crippen LogP contribution in [0.15, 0.2) is 23.1 Å². The molecular weight excluding hydrogens is 298 g/mol.